The standard InChI is InChI=1S/C11H13F3N2O2/c1-8(9-4-2-3-5-15-9)16(6-10(17)18)7-11(12,13)14/h2-5,8H,6-7H2,1H3,(H,17,18). The number of pyridine rings is 1. The number of carbonyl (C=O) groups is 1. The number of halogens is 3. The van der Waals surface area contributed by atoms with Gasteiger partial charge in [0, 0.05) is 6.20 Å². The molecule has 0 aromatic carbocycles. The molecule has 1 unspecified atom stereocenters. The number of hydrogen-bond acceptors (Lipinski definition) is 3. The van der Waals surface area contributed by atoms with E-state index >= 15 is 0 Å². The third-order valence-corrected chi connectivity index (χ3v) is 2.38. The van der Waals surface area contributed by atoms with E-state index in [1.807, 2.05) is 0 Å². The quantitative estimate of drug-likeness (QED) is 0.882. The molecule has 1 aromatic heterocycles. The van der Waals surface area contributed by atoms with Crippen molar-refractivity contribution in [1.82, 2.24) is 9.88 Å². The minimum Gasteiger partial charge on any atom is -0.480 e. The lowest BCUT2D eigenvalue weighted by atomic mass is 10.2. The lowest BCUT2D eigenvalue weighted by molar-refractivity contribution is -0.158. The summed E-state index contributed by atoms with van der Waals surface area (Å²) in [7, 11) is 0. The van der Waals surface area contributed by atoms with E-state index in [4.69, 9.17) is 5.11 Å². The first kappa shape index (κ1) is 14.4. The second-order valence-electron chi connectivity index (χ2n) is 3.84. The van der Waals surface area contributed by atoms with Gasteiger partial charge in [0.1, 0.15) is 0 Å². The Balaban J connectivity index is 2.85. The highest BCUT2D eigenvalue weighted by Gasteiger charge is 2.34. The first-order valence-electron chi connectivity index (χ1n) is 5.23. The lowest BCUT2D eigenvalue weighted by Gasteiger charge is -2.27. The van der Waals surface area contributed by atoms with Crippen LogP contribution in [0.1, 0.15) is 18.7 Å². The normalized spacial score (nSPS) is 13.6. The number of nitrogens with zero attached hydrogens (tertiary/aromatic N) is 2. The first-order valence-corrected chi connectivity index (χ1v) is 5.23. The third-order valence-electron chi connectivity index (χ3n) is 2.38. The molecule has 0 spiro atoms. The van der Waals surface area contributed by atoms with Gasteiger partial charge in [-0.25, -0.2) is 0 Å². The molecule has 1 N–H and O–H groups in total. The van der Waals surface area contributed by atoms with Crippen LogP contribution in [0.5, 0.6) is 0 Å². The molecule has 0 amide bonds. The molecule has 1 aromatic rings. The zero-order valence-corrected chi connectivity index (χ0v) is 9.68. The van der Waals surface area contributed by atoms with Gasteiger partial charge in [-0.15, -0.1) is 0 Å². The molecule has 0 aliphatic carbocycles. The van der Waals surface area contributed by atoms with E-state index in [0.29, 0.717) is 5.69 Å². The van der Waals surface area contributed by atoms with E-state index in [0.717, 1.165) is 4.90 Å². The Morgan fingerprint density at radius 3 is 2.61 bits per heavy atom. The van der Waals surface area contributed by atoms with Crippen LogP contribution in [0.4, 0.5) is 13.2 Å². The monoisotopic (exact) mass is 262 g/mol. The largest absolute Gasteiger partial charge is 0.480 e. The van der Waals surface area contributed by atoms with Crippen molar-refractivity contribution in [3.63, 3.8) is 0 Å². The van der Waals surface area contributed by atoms with Crippen LogP contribution in [0.2, 0.25) is 0 Å². The maximum Gasteiger partial charge on any atom is 0.401 e. The number of carboxylic acid groups (broad SMARTS) is 1. The van der Waals surface area contributed by atoms with Gasteiger partial charge in [0.05, 0.1) is 24.8 Å². The molecule has 1 rings (SSSR count). The van der Waals surface area contributed by atoms with Crippen molar-refractivity contribution in [2.75, 3.05) is 13.1 Å². The number of aromatic nitrogens is 1. The fourth-order valence-corrected chi connectivity index (χ4v) is 1.54. The van der Waals surface area contributed by atoms with Crippen LogP contribution in [0.3, 0.4) is 0 Å². The van der Waals surface area contributed by atoms with E-state index in [-0.39, 0.29) is 0 Å². The zero-order chi connectivity index (χ0) is 13.8. The predicted molar refractivity (Wildman–Crippen MR) is 57.9 cm³/mol. The third kappa shape index (κ3) is 4.70. The second-order valence-corrected chi connectivity index (χ2v) is 3.84. The summed E-state index contributed by atoms with van der Waals surface area (Å²) >= 11 is 0. The molecule has 100 valence electrons. The van der Waals surface area contributed by atoms with Crippen LogP contribution in [-0.4, -0.2) is 40.2 Å². The van der Waals surface area contributed by atoms with Crippen molar-refractivity contribution >= 4 is 5.97 Å². The average molecular weight is 262 g/mol. The van der Waals surface area contributed by atoms with Gasteiger partial charge < -0.3 is 5.11 Å². The smallest absolute Gasteiger partial charge is 0.401 e. The molecule has 0 bridgehead atoms. The summed E-state index contributed by atoms with van der Waals surface area (Å²) in [5.74, 6) is -1.30. The SMILES string of the molecule is CC(c1ccccn1)N(CC(=O)O)CC(F)(F)F. The first-order chi connectivity index (χ1) is 8.29. The molecule has 0 fully saturated rings. The summed E-state index contributed by atoms with van der Waals surface area (Å²) in [6.07, 6.45) is -2.99. The summed E-state index contributed by atoms with van der Waals surface area (Å²) < 4.78 is 37.1. The Morgan fingerprint density at radius 2 is 2.17 bits per heavy atom. The lowest BCUT2D eigenvalue weighted by Crippen LogP contribution is -2.39. The number of carboxylic acids is 1. The van der Waals surface area contributed by atoms with E-state index < -0.39 is 31.3 Å². The number of hydrogen-bond donors (Lipinski definition) is 1. The van der Waals surface area contributed by atoms with Gasteiger partial charge in [-0.3, -0.25) is 14.7 Å². The van der Waals surface area contributed by atoms with Crippen molar-refractivity contribution in [2.45, 2.75) is 19.1 Å². The van der Waals surface area contributed by atoms with Crippen LogP contribution in [0, 0.1) is 0 Å². The Hall–Kier alpha value is -1.63. The molecule has 18 heavy (non-hydrogen) atoms. The van der Waals surface area contributed by atoms with Crippen molar-refractivity contribution in [3.05, 3.63) is 30.1 Å². The van der Waals surface area contributed by atoms with Crippen LogP contribution in [0.15, 0.2) is 24.4 Å². The van der Waals surface area contributed by atoms with Crippen LogP contribution in [-0.2, 0) is 4.79 Å². The van der Waals surface area contributed by atoms with Gasteiger partial charge in [-0.05, 0) is 19.1 Å². The molecule has 0 aliphatic heterocycles. The molecule has 1 atom stereocenters. The molecule has 0 radical (unpaired) electrons. The van der Waals surface area contributed by atoms with Gasteiger partial charge in [0.15, 0.2) is 0 Å². The van der Waals surface area contributed by atoms with Crippen molar-refractivity contribution in [2.24, 2.45) is 0 Å². The minimum absolute atomic E-state index is 0.406. The van der Waals surface area contributed by atoms with Gasteiger partial charge in [-0.1, -0.05) is 6.07 Å². The van der Waals surface area contributed by atoms with E-state index in [1.54, 1.807) is 18.2 Å². The fraction of sp³-hybridized carbons (Fsp3) is 0.455. The maximum absolute atomic E-state index is 12.4. The highest BCUT2D eigenvalue weighted by atomic mass is 19.4. The molecule has 0 aliphatic rings. The number of aliphatic carboxylic acids is 1. The summed E-state index contributed by atoms with van der Waals surface area (Å²) in [4.78, 5) is 15.4. The summed E-state index contributed by atoms with van der Waals surface area (Å²) in [6, 6.07) is 4.13. The maximum atomic E-state index is 12.4. The Labute approximate surface area is 102 Å². The Bertz CT molecular complexity index is 395. The summed E-state index contributed by atoms with van der Waals surface area (Å²) in [6.45, 7) is -0.467. The number of alkyl halides is 3. The topological polar surface area (TPSA) is 53.4 Å². The Kier molecular flexibility index (Phi) is 4.66. The average Bonchev–Trinajstić information content (AvgIpc) is 2.26. The molecule has 1 heterocycles. The zero-order valence-electron chi connectivity index (χ0n) is 9.68. The van der Waals surface area contributed by atoms with Crippen molar-refractivity contribution in [1.29, 1.82) is 0 Å². The highest BCUT2D eigenvalue weighted by Crippen LogP contribution is 2.23. The van der Waals surface area contributed by atoms with E-state index in [9.17, 15) is 18.0 Å². The fourth-order valence-electron chi connectivity index (χ4n) is 1.54. The predicted octanol–water partition coefficient (Wildman–Crippen LogP) is 2.09. The molecule has 0 saturated carbocycles. The molecule has 7 heteroatoms. The van der Waals surface area contributed by atoms with Gasteiger partial charge in [0.25, 0.3) is 0 Å². The highest BCUT2D eigenvalue weighted by molar-refractivity contribution is 5.69. The van der Waals surface area contributed by atoms with Crippen LogP contribution >= 0.6 is 0 Å². The van der Waals surface area contributed by atoms with Gasteiger partial charge in [-0.2, -0.15) is 13.2 Å². The minimum atomic E-state index is -4.45. The van der Waals surface area contributed by atoms with Crippen molar-refractivity contribution < 1.29 is 23.1 Å². The summed E-state index contributed by atoms with van der Waals surface area (Å²) in [5, 5.41) is 8.65. The van der Waals surface area contributed by atoms with E-state index in [1.165, 1.54) is 13.1 Å². The van der Waals surface area contributed by atoms with Crippen LogP contribution < -0.4 is 0 Å². The Morgan fingerprint density at radius 1 is 1.50 bits per heavy atom. The number of rotatable bonds is 5. The molecular formula is C11H13F3N2O2. The van der Waals surface area contributed by atoms with E-state index in [2.05, 4.69) is 4.98 Å². The molecular weight excluding hydrogens is 249 g/mol. The van der Waals surface area contributed by atoms with Gasteiger partial charge >= 0.3 is 12.1 Å². The molecule has 4 nitrogen and oxygen atoms in total. The second kappa shape index (κ2) is 5.81. The van der Waals surface area contributed by atoms with Gasteiger partial charge in [0.2, 0.25) is 0 Å². The molecule has 0 saturated heterocycles. The summed E-state index contributed by atoms with van der Waals surface area (Å²) in [5.41, 5.74) is 0.406. The van der Waals surface area contributed by atoms with Crippen molar-refractivity contribution in [3.8, 4) is 0 Å². The van der Waals surface area contributed by atoms with Crippen LogP contribution in [0.25, 0.3) is 0 Å².